The normalized spacial score (nSPS) is 16.1. The summed E-state index contributed by atoms with van der Waals surface area (Å²) in [5.41, 5.74) is 2.30. The molecular weight excluding hydrogens is 382 g/mol. The topological polar surface area (TPSA) is 78.8 Å². The molecule has 2 aromatic rings. The van der Waals surface area contributed by atoms with Crippen molar-refractivity contribution in [3.63, 3.8) is 0 Å². The van der Waals surface area contributed by atoms with E-state index in [0.29, 0.717) is 24.5 Å². The van der Waals surface area contributed by atoms with Crippen molar-refractivity contribution in [3.8, 4) is 0 Å². The van der Waals surface area contributed by atoms with E-state index in [1.54, 1.807) is 12.1 Å². The lowest BCUT2D eigenvalue weighted by atomic mass is 10.2. The Morgan fingerprint density at radius 1 is 1.04 bits per heavy atom. The fourth-order valence-electron chi connectivity index (χ4n) is 2.98. The molecule has 0 amide bonds. The monoisotopic (exact) mass is 405 g/mol. The first-order chi connectivity index (χ1) is 12.9. The van der Waals surface area contributed by atoms with Crippen molar-refractivity contribution in [3.05, 3.63) is 52.4 Å². The Labute approximate surface area is 164 Å². The Kier molecular flexibility index (Phi) is 6.31. The van der Waals surface area contributed by atoms with Gasteiger partial charge in [-0.1, -0.05) is 23.9 Å². The van der Waals surface area contributed by atoms with E-state index in [1.165, 1.54) is 22.1 Å². The van der Waals surface area contributed by atoms with Gasteiger partial charge >= 0.3 is 0 Å². The minimum atomic E-state index is -3.72. The van der Waals surface area contributed by atoms with E-state index in [4.69, 9.17) is 0 Å². The third-order valence-corrected chi connectivity index (χ3v) is 7.82. The maximum Gasteiger partial charge on any atom is 0.244 e. The van der Waals surface area contributed by atoms with Gasteiger partial charge in [-0.25, -0.2) is 8.42 Å². The number of nitrogens with zero attached hydrogens (tertiary/aromatic N) is 2. The van der Waals surface area contributed by atoms with E-state index in [0.717, 1.165) is 29.0 Å². The van der Waals surface area contributed by atoms with Crippen molar-refractivity contribution in [1.82, 2.24) is 9.62 Å². The predicted octanol–water partition coefficient (Wildman–Crippen LogP) is 3.84. The SMILES string of the molecule is Cc1ccc(C)c(Sc2ccc(N=O)cc2S(=O)(=O)N2CCCNCC2)c1. The highest BCUT2D eigenvalue weighted by molar-refractivity contribution is 8.00. The van der Waals surface area contributed by atoms with Crippen LogP contribution in [-0.4, -0.2) is 38.9 Å². The van der Waals surface area contributed by atoms with E-state index in [2.05, 4.69) is 10.5 Å². The van der Waals surface area contributed by atoms with Gasteiger partial charge in [0.25, 0.3) is 0 Å². The second-order valence-electron chi connectivity index (χ2n) is 6.60. The molecule has 27 heavy (non-hydrogen) atoms. The van der Waals surface area contributed by atoms with E-state index in [1.807, 2.05) is 32.0 Å². The molecule has 1 saturated heterocycles. The molecule has 0 saturated carbocycles. The zero-order chi connectivity index (χ0) is 19.4. The van der Waals surface area contributed by atoms with Gasteiger partial charge in [0.15, 0.2) is 0 Å². The average Bonchev–Trinajstić information content (AvgIpc) is 2.95. The van der Waals surface area contributed by atoms with E-state index < -0.39 is 10.0 Å². The van der Waals surface area contributed by atoms with Crippen molar-refractivity contribution in [2.24, 2.45) is 5.18 Å². The molecule has 144 valence electrons. The second-order valence-corrected chi connectivity index (χ2v) is 9.59. The zero-order valence-corrected chi connectivity index (χ0v) is 17.1. The standard InChI is InChI=1S/C19H23N3O3S2/c1-14-4-5-15(2)18(12-14)26-17-7-6-16(21-23)13-19(17)27(24,25)22-10-3-8-20-9-11-22/h4-7,12-13,20H,3,8-11H2,1-2H3. The van der Waals surface area contributed by atoms with Gasteiger partial charge in [0.05, 0.1) is 4.90 Å². The molecule has 0 aliphatic carbocycles. The largest absolute Gasteiger partial charge is 0.315 e. The van der Waals surface area contributed by atoms with Gasteiger partial charge in [-0.15, -0.1) is 4.91 Å². The van der Waals surface area contributed by atoms with Crippen LogP contribution >= 0.6 is 11.8 Å². The minimum absolute atomic E-state index is 0.117. The maximum atomic E-state index is 13.3. The Morgan fingerprint density at radius 2 is 1.85 bits per heavy atom. The molecule has 1 N–H and O–H groups in total. The highest BCUT2D eigenvalue weighted by Gasteiger charge is 2.28. The summed E-state index contributed by atoms with van der Waals surface area (Å²) in [5, 5.41) is 6.15. The molecule has 8 heteroatoms. The van der Waals surface area contributed by atoms with Crippen molar-refractivity contribution in [2.45, 2.75) is 35.0 Å². The highest BCUT2D eigenvalue weighted by atomic mass is 32.2. The van der Waals surface area contributed by atoms with Crippen LogP contribution in [0.2, 0.25) is 0 Å². The van der Waals surface area contributed by atoms with Gasteiger partial charge in [0, 0.05) is 29.4 Å². The molecule has 1 fully saturated rings. The molecule has 0 radical (unpaired) electrons. The van der Waals surface area contributed by atoms with Crippen LogP contribution in [0, 0.1) is 18.8 Å². The smallest absolute Gasteiger partial charge is 0.244 e. The van der Waals surface area contributed by atoms with Crippen molar-refractivity contribution < 1.29 is 8.42 Å². The Balaban J connectivity index is 2.05. The summed E-state index contributed by atoms with van der Waals surface area (Å²) in [6.07, 6.45) is 0.754. The van der Waals surface area contributed by atoms with Crippen LogP contribution in [0.5, 0.6) is 0 Å². The van der Waals surface area contributed by atoms with Crippen LogP contribution < -0.4 is 5.32 Å². The minimum Gasteiger partial charge on any atom is -0.315 e. The lowest BCUT2D eigenvalue weighted by Gasteiger charge is -2.21. The first-order valence-electron chi connectivity index (χ1n) is 8.85. The molecule has 0 unspecified atom stereocenters. The quantitative estimate of drug-likeness (QED) is 0.765. The molecule has 0 spiro atoms. The molecule has 1 aliphatic rings. The Bertz CT molecular complexity index is 937. The number of rotatable bonds is 5. The highest BCUT2D eigenvalue weighted by Crippen LogP contribution is 2.38. The zero-order valence-electron chi connectivity index (χ0n) is 15.4. The van der Waals surface area contributed by atoms with Crippen LogP contribution in [0.15, 0.2) is 56.3 Å². The van der Waals surface area contributed by atoms with Gasteiger partial charge in [0.2, 0.25) is 10.0 Å². The molecule has 2 aromatic carbocycles. The number of benzene rings is 2. The molecule has 0 atom stereocenters. The maximum absolute atomic E-state index is 13.3. The molecular formula is C19H23N3O3S2. The Hall–Kier alpha value is -1.74. The van der Waals surface area contributed by atoms with Gasteiger partial charge in [-0.3, -0.25) is 0 Å². The number of nitroso groups, excluding NO2 is 1. The van der Waals surface area contributed by atoms with Crippen molar-refractivity contribution in [2.75, 3.05) is 26.2 Å². The summed E-state index contributed by atoms with van der Waals surface area (Å²) in [6, 6.07) is 10.7. The lowest BCUT2D eigenvalue weighted by Crippen LogP contribution is -2.34. The van der Waals surface area contributed by atoms with Crippen LogP contribution in [0.1, 0.15) is 17.5 Å². The van der Waals surface area contributed by atoms with E-state index in [9.17, 15) is 13.3 Å². The number of hydrogen-bond acceptors (Lipinski definition) is 6. The fourth-order valence-corrected chi connectivity index (χ4v) is 5.99. The number of hydrogen-bond donors (Lipinski definition) is 1. The third kappa shape index (κ3) is 4.57. The molecule has 3 rings (SSSR count). The number of aryl methyl sites for hydroxylation is 2. The van der Waals surface area contributed by atoms with Crippen LogP contribution in [0.3, 0.4) is 0 Å². The van der Waals surface area contributed by atoms with Gasteiger partial charge in [0.1, 0.15) is 5.69 Å². The molecule has 6 nitrogen and oxygen atoms in total. The lowest BCUT2D eigenvalue weighted by molar-refractivity contribution is 0.430. The molecule has 0 aromatic heterocycles. The fraction of sp³-hybridized carbons (Fsp3) is 0.368. The van der Waals surface area contributed by atoms with Crippen molar-refractivity contribution >= 4 is 27.5 Å². The predicted molar refractivity (Wildman–Crippen MR) is 108 cm³/mol. The summed E-state index contributed by atoms with van der Waals surface area (Å²) < 4.78 is 28.1. The summed E-state index contributed by atoms with van der Waals surface area (Å²) in [7, 11) is -3.72. The van der Waals surface area contributed by atoms with Crippen LogP contribution in [0.4, 0.5) is 5.69 Å². The summed E-state index contributed by atoms with van der Waals surface area (Å²) in [5.74, 6) is 0. The first-order valence-corrected chi connectivity index (χ1v) is 11.1. The van der Waals surface area contributed by atoms with Gasteiger partial charge in [-0.2, -0.15) is 4.31 Å². The molecule has 1 aliphatic heterocycles. The van der Waals surface area contributed by atoms with E-state index in [-0.39, 0.29) is 10.6 Å². The summed E-state index contributed by atoms with van der Waals surface area (Å²) in [4.78, 5) is 12.8. The van der Waals surface area contributed by atoms with Crippen LogP contribution in [-0.2, 0) is 10.0 Å². The van der Waals surface area contributed by atoms with Gasteiger partial charge in [-0.05, 0) is 67.4 Å². The second kappa shape index (κ2) is 8.52. The molecule has 1 heterocycles. The third-order valence-electron chi connectivity index (χ3n) is 4.51. The summed E-state index contributed by atoms with van der Waals surface area (Å²) in [6.45, 7) is 6.29. The average molecular weight is 406 g/mol. The van der Waals surface area contributed by atoms with Crippen LogP contribution in [0.25, 0.3) is 0 Å². The number of nitrogens with one attached hydrogen (secondary N) is 1. The molecule has 0 bridgehead atoms. The Morgan fingerprint density at radius 3 is 2.63 bits per heavy atom. The number of sulfonamides is 1. The van der Waals surface area contributed by atoms with Gasteiger partial charge < -0.3 is 5.32 Å². The summed E-state index contributed by atoms with van der Waals surface area (Å²) >= 11 is 1.41. The van der Waals surface area contributed by atoms with Crippen molar-refractivity contribution in [1.29, 1.82) is 0 Å². The van der Waals surface area contributed by atoms with E-state index >= 15 is 0 Å². The first kappa shape index (κ1) is 20.0.